The number of anilines is 1. The van der Waals surface area contributed by atoms with Crippen molar-refractivity contribution in [3.05, 3.63) is 75.9 Å². The standard InChI is InChI=1S/C23H20ClNO4S/c1-15(29-22(27)14-11-19(26)20-12-13-21(24)30-20)23(28)25-18-10-6-5-9-17(18)16-7-3-2-4-8-16/h2-10,12-13,15H,11,14H2,1H3,(H,25,28). The molecule has 1 atom stereocenters. The summed E-state index contributed by atoms with van der Waals surface area (Å²) in [6.45, 7) is 1.50. The highest BCUT2D eigenvalue weighted by Crippen LogP contribution is 2.28. The predicted molar refractivity (Wildman–Crippen MR) is 119 cm³/mol. The molecule has 0 radical (unpaired) electrons. The molecule has 0 fully saturated rings. The Morgan fingerprint density at radius 2 is 1.67 bits per heavy atom. The van der Waals surface area contributed by atoms with Gasteiger partial charge in [0.25, 0.3) is 5.91 Å². The number of carbonyl (C=O) groups is 3. The second kappa shape index (κ2) is 10.2. The monoisotopic (exact) mass is 441 g/mol. The summed E-state index contributed by atoms with van der Waals surface area (Å²) >= 11 is 6.98. The van der Waals surface area contributed by atoms with Crippen molar-refractivity contribution in [2.75, 3.05) is 5.32 Å². The minimum absolute atomic E-state index is 0.000848. The van der Waals surface area contributed by atoms with Crippen LogP contribution in [0.3, 0.4) is 0 Å². The topological polar surface area (TPSA) is 72.5 Å². The Kier molecular flexibility index (Phi) is 7.38. The van der Waals surface area contributed by atoms with Crippen LogP contribution < -0.4 is 5.32 Å². The molecule has 0 saturated carbocycles. The summed E-state index contributed by atoms with van der Waals surface area (Å²) in [5.74, 6) is -1.23. The van der Waals surface area contributed by atoms with E-state index in [0.29, 0.717) is 14.9 Å². The number of benzene rings is 2. The summed E-state index contributed by atoms with van der Waals surface area (Å²) in [6.07, 6.45) is -1.10. The van der Waals surface area contributed by atoms with Crippen LogP contribution in [0.5, 0.6) is 0 Å². The molecule has 154 valence electrons. The molecule has 1 aromatic heterocycles. The maximum absolute atomic E-state index is 12.5. The summed E-state index contributed by atoms with van der Waals surface area (Å²) in [5.41, 5.74) is 2.46. The first-order chi connectivity index (χ1) is 14.4. The Bertz CT molecular complexity index is 1050. The zero-order valence-corrected chi connectivity index (χ0v) is 17.8. The Labute approximate surface area is 183 Å². The van der Waals surface area contributed by atoms with Crippen LogP contribution in [-0.4, -0.2) is 23.8 Å². The van der Waals surface area contributed by atoms with Gasteiger partial charge in [-0.15, -0.1) is 11.3 Å². The van der Waals surface area contributed by atoms with E-state index in [0.717, 1.165) is 11.1 Å². The third-order valence-corrected chi connectivity index (χ3v) is 5.62. The summed E-state index contributed by atoms with van der Waals surface area (Å²) in [7, 11) is 0. The van der Waals surface area contributed by atoms with Crippen LogP contribution in [-0.2, 0) is 14.3 Å². The van der Waals surface area contributed by atoms with E-state index >= 15 is 0 Å². The summed E-state index contributed by atoms with van der Waals surface area (Å²) < 4.78 is 5.71. The Hall–Kier alpha value is -2.96. The number of ketones is 1. The van der Waals surface area contributed by atoms with E-state index < -0.39 is 18.0 Å². The number of esters is 1. The molecule has 0 bridgehead atoms. The lowest BCUT2D eigenvalue weighted by molar-refractivity contribution is -0.153. The van der Waals surface area contributed by atoms with E-state index in [9.17, 15) is 14.4 Å². The van der Waals surface area contributed by atoms with Gasteiger partial charge >= 0.3 is 5.97 Å². The first-order valence-electron chi connectivity index (χ1n) is 9.37. The van der Waals surface area contributed by atoms with E-state index in [4.69, 9.17) is 16.3 Å². The van der Waals surface area contributed by atoms with Crippen molar-refractivity contribution >= 4 is 46.3 Å². The van der Waals surface area contributed by atoms with Crippen molar-refractivity contribution in [1.82, 2.24) is 0 Å². The number of nitrogens with one attached hydrogen (secondary N) is 1. The molecule has 7 heteroatoms. The van der Waals surface area contributed by atoms with Gasteiger partial charge in [-0.3, -0.25) is 14.4 Å². The molecule has 5 nitrogen and oxygen atoms in total. The van der Waals surface area contributed by atoms with E-state index in [1.54, 1.807) is 18.2 Å². The van der Waals surface area contributed by atoms with Gasteiger partial charge in [-0.05, 0) is 30.7 Å². The fraction of sp³-hybridized carbons (Fsp3) is 0.174. The van der Waals surface area contributed by atoms with Gasteiger partial charge in [0.1, 0.15) is 0 Å². The molecule has 0 aliphatic heterocycles. The molecule has 0 aliphatic carbocycles. The number of thiophene rings is 1. The highest BCUT2D eigenvalue weighted by Gasteiger charge is 2.20. The number of carbonyl (C=O) groups excluding carboxylic acids is 3. The van der Waals surface area contributed by atoms with Crippen LogP contribution >= 0.6 is 22.9 Å². The number of halogens is 1. The smallest absolute Gasteiger partial charge is 0.307 e. The molecule has 1 N–H and O–H groups in total. The third kappa shape index (κ3) is 5.78. The number of rotatable bonds is 8. The molecule has 1 unspecified atom stereocenters. The van der Waals surface area contributed by atoms with Gasteiger partial charge in [0, 0.05) is 17.7 Å². The number of hydrogen-bond donors (Lipinski definition) is 1. The van der Waals surface area contributed by atoms with E-state index in [-0.39, 0.29) is 18.6 Å². The Balaban J connectivity index is 1.55. The number of ether oxygens (including phenoxy) is 1. The number of para-hydroxylation sites is 1. The first-order valence-corrected chi connectivity index (χ1v) is 10.6. The van der Waals surface area contributed by atoms with Gasteiger partial charge in [-0.1, -0.05) is 60.1 Å². The Morgan fingerprint density at radius 3 is 2.37 bits per heavy atom. The number of hydrogen-bond acceptors (Lipinski definition) is 5. The fourth-order valence-electron chi connectivity index (χ4n) is 2.81. The molecular formula is C23H20ClNO4S. The van der Waals surface area contributed by atoms with Crippen molar-refractivity contribution in [2.45, 2.75) is 25.9 Å². The average molecular weight is 442 g/mol. The van der Waals surface area contributed by atoms with E-state index in [2.05, 4.69) is 5.32 Å². The molecular weight excluding hydrogens is 422 g/mol. The zero-order valence-electron chi connectivity index (χ0n) is 16.3. The maximum Gasteiger partial charge on any atom is 0.307 e. The van der Waals surface area contributed by atoms with Crippen molar-refractivity contribution < 1.29 is 19.1 Å². The molecule has 0 saturated heterocycles. The third-order valence-electron chi connectivity index (χ3n) is 4.35. The van der Waals surface area contributed by atoms with Crippen LogP contribution in [0.15, 0.2) is 66.7 Å². The quantitative estimate of drug-likeness (QED) is 0.364. The molecule has 3 rings (SSSR count). The van der Waals surface area contributed by atoms with E-state index in [1.165, 1.54) is 18.3 Å². The van der Waals surface area contributed by atoms with Gasteiger partial charge in [-0.2, -0.15) is 0 Å². The second-order valence-electron chi connectivity index (χ2n) is 6.56. The van der Waals surface area contributed by atoms with Crippen LogP contribution in [0.4, 0.5) is 5.69 Å². The molecule has 0 spiro atoms. The van der Waals surface area contributed by atoms with Crippen LogP contribution in [0.2, 0.25) is 4.34 Å². The average Bonchev–Trinajstić information content (AvgIpc) is 3.19. The van der Waals surface area contributed by atoms with Crippen molar-refractivity contribution in [1.29, 1.82) is 0 Å². The minimum atomic E-state index is -0.993. The van der Waals surface area contributed by atoms with Gasteiger partial charge in [0.2, 0.25) is 0 Å². The van der Waals surface area contributed by atoms with Crippen LogP contribution in [0.25, 0.3) is 11.1 Å². The summed E-state index contributed by atoms with van der Waals surface area (Å²) in [5, 5.41) is 2.81. The second-order valence-corrected chi connectivity index (χ2v) is 8.27. The first kappa shape index (κ1) is 21.7. The number of amides is 1. The van der Waals surface area contributed by atoms with Gasteiger partial charge in [0.05, 0.1) is 15.6 Å². The summed E-state index contributed by atoms with van der Waals surface area (Å²) in [6, 6.07) is 20.3. The highest BCUT2D eigenvalue weighted by atomic mass is 35.5. The molecule has 1 heterocycles. The van der Waals surface area contributed by atoms with Crippen molar-refractivity contribution in [3.8, 4) is 11.1 Å². The zero-order chi connectivity index (χ0) is 21.5. The fourth-order valence-corrected chi connectivity index (χ4v) is 3.82. The molecule has 2 aromatic carbocycles. The lowest BCUT2D eigenvalue weighted by Gasteiger charge is -2.16. The highest BCUT2D eigenvalue weighted by molar-refractivity contribution is 7.18. The lowest BCUT2D eigenvalue weighted by atomic mass is 10.0. The molecule has 1 amide bonds. The summed E-state index contributed by atoms with van der Waals surface area (Å²) in [4.78, 5) is 37.1. The van der Waals surface area contributed by atoms with Crippen LogP contribution in [0.1, 0.15) is 29.4 Å². The van der Waals surface area contributed by atoms with E-state index in [1.807, 2.05) is 48.5 Å². The lowest BCUT2D eigenvalue weighted by Crippen LogP contribution is -2.30. The minimum Gasteiger partial charge on any atom is -0.453 e. The molecule has 30 heavy (non-hydrogen) atoms. The normalized spacial score (nSPS) is 11.5. The predicted octanol–water partition coefficient (Wildman–Crippen LogP) is 5.60. The van der Waals surface area contributed by atoms with Gasteiger partial charge in [0.15, 0.2) is 11.9 Å². The Morgan fingerprint density at radius 1 is 0.967 bits per heavy atom. The SMILES string of the molecule is CC(OC(=O)CCC(=O)c1ccc(Cl)s1)C(=O)Nc1ccccc1-c1ccccc1. The number of Topliss-reactive ketones (excluding diaryl/α,β-unsaturated/α-hetero) is 1. The largest absolute Gasteiger partial charge is 0.453 e. The maximum atomic E-state index is 12.5. The van der Waals surface area contributed by atoms with Crippen molar-refractivity contribution in [2.24, 2.45) is 0 Å². The molecule has 0 aliphatic rings. The van der Waals surface area contributed by atoms with Crippen molar-refractivity contribution in [3.63, 3.8) is 0 Å². The van der Waals surface area contributed by atoms with Gasteiger partial charge in [-0.25, -0.2) is 0 Å². The van der Waals surface area contributed by atoms with Crippen LogP contribution in [0, 0.1) is 0 Å². The van der Waals surface area contributed by atoms with Gasteiger partial charge < -0.3 is 10.1 Å². The molecule has 3 aromatic rings.